The fourth-order valence-electron chi connectivity index (χ4n) is 4.65. The Morgan fingerprint density at radius 1 is 0.433 bits per heavy atom. The van der Waals surface area contributed by atoms with Crippen LogP contribution in [0.1, 0.15) is 156 Å². The molecule has 0 aromatic heterocycles. The van der Waals surface area contributed by atoms with Crippen LogP contribution in [0.15, 0.2) is 0 Å². The Morgan fingerprint density at radius 2 is 0.733 bits per heavy atom. The smallest absolute Gasteiger partial charge is 0.0782 e. The highest BCUT2D eigenvalue weighted by Crippen LogP contribution is 2.15. The van der Waals surface area contributed by atoms with Crippen molar-refractivity contribution in [2.45, 2.75) is 156 Å². The summed E-state index contributed by atoms with van der Waals surface area (Å²) in [5, 5.41) is 0. The van der Waals surface area contributed by atoms with Crippen LogP contribution in [0.5, 0.6) is 0 Å². The number of hydrogen-bond donors (Lipinski definition) is 0. The van der Waals surface area contributed by atoms with Gasteiger partial charge in [-0.25, -0.2) is 0 Å². The SMILES string of the molecule is CCCCCCCCCCCCCCCCCCCC[N+](C)(C)CCCCC(C)C. The lowest BCUT2D eigenvalue weighted by Gasteiger charge is -2.30. The molecular formula is C29H62N+. The molecule has 0 aliphatic heterocycles. The molecule has 0 bridgehead atoms. The van der Waals surface area contributed by atoms with E-state index in [0.29, 0.717) is 0 Å². The minimum absolute atomic E-state index is 0.871. The van der Waals surface area contributed by atoms with Gasteiger partial charge in [0.05, 0.1) is 27.2 Å². The van der Waals surface area contributed by atoms with E-state index in [4.69, 9.17) is 0 Å². The lowest BCUT2D eigenvalue weighted by molar-refractivity contribution is -0.890. The molecule has 0 aromatic rings. The monoisotopic (exact) mass is 424 g/mol. The number of rotatable bonds is 24. The third kappa shape index (κ3) is 24.2. The lowest BCUT2D eigenvalue weighted by Crippen LogP contribution is -2.41. The number of nitrogens with zero attached hydrogens (tertiary/aromatic N) is 1. The molecule has 1 nitrogen and oxygen atoms in total. The van der Waals surface area contributed by atoms with Crippen molar-refractivity contribution >= 4 is 0 Å². The predicted molar refractivity (Wildman–Crippen MR) is 139 cm³/mol. The molecule has 0 rings (SSSR count). The normalized spacial score (nSPS) is 12.2. The summed E-state index contributed by atoms with van der Waals surface area (Å²) in [7, 11) is 4.87. The Hall–Kier alpha value is -0.0400. The topological polar surface area (TPSA) is 0 Å². The van der Waals surface area contributed by atoms with Crippen LogP contribution >= 0.6 is 0 Å². The first kappa shape index (κ1) is 30.0. The van der Waals surface area contributed by atoms with Crippen LogP contribution in [0.25, 0.3) is 0 Å². The van der Waals surface area contributed by atoms with Crippen LogP contribution in [0.3, 0.4) is 0 Å². The Morgan fingerprint density at radius 3 is 1.07 bits per heavy atom. The minimum Gasteiger partial charge on any atom is -0.328 e. The second-order valence-corrected chi connectivity index (χ2v) is 11.3. The van der Waals surface area contributed by atoms with Crippen molar-refractivity contribution in [1.82, 2.24) is 0 Å². The molecule has 0 fully saturated rings. The largest absolute Gasteiger partial charge is 0.328 e. The second-order valence-electron chi connectivity index (χ2n) is 11.3. The van der Waals surface area contributed by atoms with Gasteiger partial charge in [-0.1, -0.05) is 130 Å². The molecule has 0 heterocycles. The first-order valence-corrected chi connectivity index (χ1v) is 14.3. The maximum atomic E-state index is 2.43. The van der Waals surface area contributed by atoms with E-state index in [0.717, 1.165) is 5.92 Å². The molecule has 0 saturated heterocycles. The van der Waals surface area contributed by atoms with Gasteiger partial charge in [0.25, 0.3) is 0 Å². The van der Waals surface area contributed by atoms with Crippen LogP contribution in [0.2, 0.25) is 0 Å². The molecule has 0 aromatic carbocycles. The van der Waals surface area contributed by atoms with Crippen molar-refractivity contribution in [1.29, 1.82) is 0 Å². The Labute approximate surface area is 193 Å². The lowest BCUT2D eigenvalue weighted by atomic mass is 10.0. The molecule has 0 unspecified atom stereocenters. The van der Waals surface area contributed by atoms with Gasteiger partial charge in [-0.05, 0) is 31.6 Å². The van der Waals surface area contributed by atoms with Gasteiger partial charge >= 0.3 is 0 Å². The van der Waals surface area contributed by atoms with Crippen molar-refractivity contribution in [3.63, 3.8) is 0 Å². The minimum atomic E-state index is 0.871. The van der Waals surface area contributed by atoms with Gasteiger partial charge in [-0.15, -0.1) is 0 Å². The molecule has 0 radical (unpaired) electrons. The van der Waals surface area contributed by atoms with E-state index in [2.05, 4.69) is 34.9 Å². The van der Waals surface area contributed by atoms with Gasteiger partial charge in [0.15, 0.2) is 0 Å². The van der Waals surface area contributed by atoms with Gasteiger partial charge in [-0.2, -0.15) is 0 Å². The maximum absolute atomic E-state index is 2.43. The van der Waals surface area contributed by atoms with E-state index in [-0.39, 0.29) is 0 Å². The van der Waals surface area contributed by atoms with Gasteiger partial charge in [0.1, 0.15) is 0 Å². The average molecular weight is 425 g/mol. The number of unbranched alkanes of at least 4 members (excludes halogenated alkanes) is 18. The zero-order valence-electron chi connectivity index (χ0n) is 22.3. The van der Waals surface area contributed by atoms with Crippen LogP contribution in [0.4, 0.5) is 0 Å². The quantitative estimate of drug-likeness (QED) is 0.107. The van der Waals surface area contributed by atoms with Crippen molar-refractivity contribution in [2.24, 2.45) is 5.92 Å². The Kier molecular flexibility index (Phi) is 22.1. The summed E-state index contributed by atoms with van der Waals surface area (Å²) < 4.78 is 1.23. The molecule has 182 valence electrons. The van der Waals surface area contributed by atoms with E-state index in [1.807, 2.05) is 0 Å². The van der Waals surface area contributed by atoms with Crippen molar-refractivity contribution in [3.05, 3.63) is 0 Å². The summed E-state index contributed by atoms with van der Waals surface area (Å²) in [6, 6.07) is 0. The zero-order chi connectivity index (χ0) is 22.3. The summed E-state index contributed by atoms with van der Waals surface area (Å²) in [5.41, 5.74) is 0. The van der Waals surface area contributed by atoms with Gasteiger partial charge in [0, 0.05) is 0 Å². The van der Waals surface area contributed by atoms with Crippen molar-refractivity contribution in [3.8, 4) is 0 Å². The first-order valence-electron chi connectivity index (χ1n) is 14.3. The Balaban J connectivity index is 3.22. The van der Waals surface area contributed by atoms with Crippen molar-refractivity contribution < 1.29 is 4.48 Å². The second kappa shape index (κ2) is 22.2. The summed E-state index contributed by atoms with van der Waals surface area (Å²) in [5.74, 6) is 0.871. The van der Waals surface area contributed by atoms with Gasteiger partial charge < -0.3 is 4.48 Å². The Bertz CT molecular complexity index is 320. The van der Waals surface area contributed by atoms with E-state index in [9.17, 15) is 0 Å². The fraction of sp³-hybridized carbons (Fsp3) is 1.00. The van der Waals surface area contributed by atoms with Gasteiger partial charge in [-0.3, -0.25) is 0 Å². The molecule has 0 N–H and O–H groups in total. The highest BCUT2D eigenvalue weighted by molar-refractivity contribution is 4.51. The van der Waals surface area contributed by atoms with E-state index >= 15 is 0 Å². The summed E-state index contributed by atoms with van der Waals surface area (Å²) in [6.07, 6.45) is 30.6. The van der Waals surface area contributed by atoms with Crippen LogP contribution < -0.4 is 0 Å². The maximum Gasteiger partial charge on any atom is 0.0782 e. The molecule has 0 aliphatic rings. The van der Waals surface area contributed by atoms with E-state index < -0.39 is 0 Å². The summed E-state index contributed by atoms with van der Waals surface area (Å²) in [6.45, 7) is 9.74. The first-order chi connectivity index (χ1) is 14.5. The van der Waals surface area contributed by atoms with Gasteiger partial charge in [0.2, 0.25) is 0 Å². The third-order valence-electron chi connectivity index (χ3n) is 6.91. The molecule has 0 spiro atoms. The van der Waals surface area contributed by atoms with Crippen molar-refractivity contribution in [2.75, 3.05) is 27.2 Å². The highest BCUT2D eigenvalue weighted by atomic mass is 15.3. The molecule has 0 amide bonds. The van der Waals surface area contributed by atoms with E-state index in [1.165, 1.54) is 152 Å². The summed E-state index contributed by atoms with van der Waals surface area (Å²) in [4.78, 5) is 0. The number of hydrogen-bond acceptors (Lipinski definition) is 0. The number of quaternary nitrogens is 1. The molecule has 1 heteroatoms. The zero-order valence-corrected chi connectivity index (χ0v) is 22.3. The van der Waals surface area contributed by atoms with Crippen LogP contribution in [0, 0.1) is 5.92 Å². The molecular weight excluding hydrogens is 362 g/mol. The predicted octanol–water partition coefficient (Wildman–Crippen LogP) is 9.93. The summed E-state index contributed by atoms with van der Waals surface area (Å²) >= 11 is 0. The highest BCUT2D eigenvalue weighted by Gasteiger charge is 2.13. The average Bonchev–Trinajstić information content (AvgIpc) is 2.70. The third-order valence-corrected chi connectivity index (χ3v) is 6.91. The van der Waals surface area contributed by atoms with E-state index in [1.54, 1.807) is 0 Å². The van der Waals surface area contributed by atoms with Crippen LogP contribution in [-0.2, 0) is 0 Å². The fourth-order valence-corrected chi connectivity index (χ4v) is 4.65. The van der Waals surface area contributed by atoms with Crippen LogP contribution in [-0.4, -0.2) is 31.7 Å². The molecule has 0 atom stereocenters. The molecule has 0 aliphatic carbocycles. The molecule has 0 saturated carbocycles. The molecule has 30 heavy (non-hydrogen) atoms. The standard InChI is InChI=1S/C29H62N/c1-6-7-8-9-10-11-12-13-14-15-16-17-18-19-20-21-22-24-27-30(4,5)28-25-23-26-29(2)3/h29H,6-28H2,1-5H3/q+1.